The molecule has 1 aliphatic heterocycles. The molecule has 132 valence electrons. The van der Waals surface area contributed by atoms with E-state index in [0.29, 0.717) is 31.5 Å². The minimum absolute atomic E-state index is 0.0493. The molecule has 2 aliphatic rings. The first-order valence-corrected chi connectivity index (χ1v) is 8.53. The first-order valence-electron chi connectivity index (χ1n) is 8.53. The zero-order chi connectivity index (χ0) is 17.4. The Hall–Kier alpha value is -2.28. The molecule has 1 saturated heterocycles. The standard InChI is InChI=1S/C18H20FN3O3/c1-24-10-12-8-22(18(23)13-4-2-3-5-15(13)19)9-14(12)17-20-16(21-25-17)11-6-7-11/h2-5,11-12,14H,6-10H2,1H3/t12-,14+/m0/s1. The van der Waals surface area contributed by atoms with Crippen LogP contribution in [0.15, 0.2) is 28.8 Å². The van der Waals surface area contributed by atoms with Gasteiger partial charge < -0.3 is 14.2 Å². The highest BCUT2D eigenvalue weighted by atomic mass is 19.1. The highest BCUT2D eigenvalue weighted by Gasteiger charge is 2.41. The Morgan fingerprint density at radius 1 is 1.36 bits per heavy atom. The molecule has 7 heteroatoms. The van der Waals surface area contributed by atoms with Gasteiger partial charge in [0, 0.05) is 32.0 Å². The van der Waals surface area contributed by atoms with Crippen molar-refractivity contribution in [3.8, 4) is 0 Å². The van der Waals surface area contributed by atoms with Crippen LogP contribution in [-0.2, 0) is 4.74 Å². The van der Waals surface area contributed by atoms with Gasteiger partial charge in [0.1, 0.15) is 5.82 Å². The maximum Gasteiger partial charge on any atom is 0.256 e. The Kier molecular flexibility index (Phi) is 4.25. The van der Waals surface area contributed by atoms with Crippen LogP contribution in [0.4, 0.5) is 4.39 Å². The topological polar surface area (TPSA) is 68.5 Å². The molecule has 2 aromatic rings. The Balaban J connectivity index is 1.55. The molecule has 1 aliphatic carbocycles. The van der Waals surface area contributed by atoms with Crippen molar-refractivity contribution >= 4 is 5.91 Å². The van der Waals surface area contributed by atoms with Crippen molar-refractivity contribution in [3.63, 3.8) is 0 Å². The summed E-state index contributed by atoms with van der Waals surface area (Å²) in [6.07, 6.45) is 2.20. The number of ether oxygens (including phenoxy) is 1. The van der Waals surface area contributed by atoms with E-state index in [-0.39, 0.29) is 23.3 Å². The molecular weight excluding hydrogens is 325 g/mol. The quantitative estimate of drug-likeness (QED) is 0.833. The van der Waals surface area contributed by atoms with Gasteiger partial charge in [-0.1, -0.05) is 17.3 Å². The van der Waals surface area contributed by atoms with Crippen molar-refractivity contribution in [1.29, 1.82) is 0 Å². The number of benzene rings is 1. The molecule has 2 heterocycles. The molecule has 25 heavy (non-hydrogen) atoms. The van der Waals surface area contributed by atoms with Crippen LogP contribution in [0, 0.1) is 11.7 Å². The first-order chi connectivity index (χ1) is 12.2. The SMILES string of the molecule is COC[C@@H]1CN(C(=O)c2ccccc2F)C[C@H]1c1nc(C2CC2)no1. The summed E-state index contributed by atoms with van der Waals surface area (Å²) in [6, 6.07) is 6.04. The number of hydrogen-bond donors (Lipinski definition) is 0. The Morgan fingerprint density at radius 3 is 2.88 bits per heavy atom. The summed E-state index contributed by atoms with van der Waals surface area (Å²) in [6.45, 7) is 1.38. The van der Waals surface area contributed by atoms with E-state index in [9.17, 15) is 9.18 Å². The number of carbonyl (C=O) groups is 1. The van der Waals surface area contributed by atoms with E-state index in [0.717, 1.165) is 18.7 Å². The minimum Gasteiger partial charge on any atom is -0.384 e. The van der Waals surface area contributed by atoms with Gasteiger partial charge in [-0.2, -0.15) is 4.98 Å². The van der Waals surface area contributed by atoms with E-state index < -0.39 is 5.82 Å². The molecular formula is C18H20FN3O3. The van der Waals surface area contributed by atoms with Crippen molar-refractivity contribution in [3.05, 3.63) is 47.4 Å². The van der Waals surface area contributed by atoms with Crippen molar-refractivity contribution < 1.29 is 18.4 Å². The molecule has 0 unspecified atom stereocenters. The van der Waals surface area contributed by atoms with Gasteiger partial charge in [0.25, 0.3) is 5.91 Å². The lowest BCUT2D eigenvalue weighted by molar-refractivity contribution is 0.0771. The first kappa shape index (κ1) is 16.2. The number of halogens is 1. The van der Waals surface area contributed by atoms with E-state index in [1.165, 1.54) is 12.1 Å². The summed E-state index contributed by atoms with van der Waals surface area (Å²) in [5, 5.41) is 4.07. The average molecular weight is 345 g/mol. The third-order valence-corrected chi connectivity index (χ3v) is 4.93. The highest BCUT2D eigenvalue weighted by Crippen LogP contribution is 2.40. The van der Waals surface area contributed by atoms with Crippen molar-refractivity contribution in [1.82, 2.24) is 15.0 Å². The summed E-state index contributed by atoms with van der Waals surface area (Å²) >= 11 is 0. The molecule has 1 amide bonds. The lowest BCUT2D eigenvalue weighted by Gasteiger charge is -2.16. The number of rotatable bonds is 5. The smallest absolute Gasteiger partial charge is 0.256 e. The van der Waals surface area contributed by atoms with Gasteiger partial charge in [-0.3, -0.25) is 4.79 Å². The Labute approximate surface area is 145 Å². The molecule has 1 aromatic heterocycles. The van der Waals surface area contributed by atoms with Crippen molar-refractivity contribution in [2.24, 2.45) is 5.92 Å². The highest BCUT2D eigenvalue weighted by molar-refractivity contribution is 5.94. The van der Waals surface area contributed by atoms with Gasteiger partial charge in [-0.25, -0.2) is 4.39 Å². The number of methoxy groups -OCH3 is 1. The predicted molar refractivity (Wildman–Crippen MR) is 86.7 cm³/mol. The molecule has 6 nitrogen and oxygen atoms in total. The lowest BCUT2D eigenvalue weighted by atomic mass is 9.97. The summed E-state index contributed by atoms with van der Waals surface area (Å²) < 4.78 is 24.7. The summed E-state index contributed by atoms with van der Waals surface area (Å²) in [5.41, 5.74) is 0.0866. The molecule has 4 rings (SSSR count). The second-order valence-corrected chi connectivity index (χ2v) is 6.78. The third kappa shape index (κ3) is 3.16. The van der Waals surface area contributed by atoms with Crippen LogP contribution in [-0.4, -0.2) is 47.8 Å². The Bertz CT molecular complexity index is 774. The second kappa shape index (κ2) is 6.55. The molecule has 1 aromatic carbocycles. The fourth-order valence-electron chi connectivity index (χ4n) is 3.41. The number of hydrogen-bond acceptors (Lipinski definition) is 5. The van der Waals surface area contributed by atoms with Gasteiger partial charge in [0.05, 0.1) is 18.1 Å². The number of carbonyl (C=O) groups excluding carboxylic acids is 1. The molecule has 1 saturated carbocycles. The monoisotopic (exact) mass is 345 g/mol. The number of amides is 1. The van der Waals surface area contributed by atoms with E-state index in [1.54, 1.807) is 24.1 Å². The second-order valence-electron chi connectivity index (χ2n) is 6.78. The summed E-state index contributed by atoms with van der Waals surface area (Å²) in [4.78, 5) is 18.9. The average Bonchev–Trinajstić information content (AvgIpc) is 3.19. The van der Waals surface area contributed by atoms with Gasteiger partial charge in [-0.15, -0.1) is 0 Å². The van der Waals surface area contributed by atoms with Crippen molar-refractivity contribution in [2.75, 3.05) is 26.8 Å². The summed E-state index contributed by atoms with van der Waals surface area (Å²) in [7, 11) is 1.63. The predicted octanol–water partition coefficient (Wildman–Crippen LogP) is 2.59. The lowest BCUT2D eigenvalue weighted by Crippen LogP contribution is -2.30. The fraction of sp³-hybridized carbons (Fsp3) is 0.500. The van der Waals surface area contributed by atoms with Gasteiger partial charge in [-0.05, 0) is 25.0 Å². The van der Waals surface area contributed by atoms with E-state index in [4.69, 9.17) is 9.26 Å². The molecule has 0 N–H and O–H groups in total. The van der Waals surface area contributed by atoms with Gasteiger partial charge in [0.15, 0.2) is 5.82 Å². The van der Waals surface area contributed by atoms with Gasteiger partial charge in [0.2, 0.25) is 5.89 Å². The number of likely N-dealkylation sites (tertiary alicyclic amines) is 1. The minimum atomic E-state index is -0.506. The maximum absolute atomic E-state index is 13.9. The van der Waals surface area contributed by atoms with Crippen molar-refractivity contribution in [2.45, 2.75) is 24.7 Å². The molecule has 2 atom stereocenters. The van der Waals surface area contributed by atoms with Crippen LogP contribution < -0.4 is 0 Å². The molecule has 0 radical (unpaired) electrons. The van der Waals surface area contributed by atoms with Crippen LogP contribution in [0.1, 0.15) is 46.8 Å². The van der Waals surface area contributed by atoms with Crippen LogP contribution in [0.5, 0.6) is 0 Å². The molecule has 2 fully saturated rings. The molecule has 0 bridgehead atoms. The molecule has 0 spiro atoms. The summed E-state index contributed by atoms with van der Waals surface area (Å²) in [5.74, 6) is 0.856. The van der Waals surface area contributed by atoms with E-state index in [1.807, 2.05) is 0 Å². The maximum atomic E-state index is 13.9. The van der Waals surface area contributed by atoms with Crippen LogP contribution >= 0.6 is 0 Å². The Morgan fingerprint density at radius 2 is 2.16 bits per heavy atom. The number of nitrogens with zero attached hydrogens (tertiary/aromatic N) is 3. The van der Waals surface area contributed by atoms with Crippen LogP contribution in [0.2, 0.25) is 0 Å². The fourth-order valence-corrected chi connectivity index (χ4v) is 3.41. The number of aromatic nitrogens is 2. The van der Waals surface area contributed by atoms with Crippen LogP contribution in [0.3, 0.4) is 0 Å². The zero-order valence-electron chi connectivity index (χ0n) is 14.0. The largest absolute Gasteiger partial charge is 0.384 e. The van der Waals surface area contributed by atoms with E-state index in [2.05, 4.69) is 10.1 Å². The van der Waals surface area contributed by atoms with Gasteiger partial charge >= 0.3 is 0 Å². The normalized spacial score (nSPS) is 23.2. The van der Waals surface area contributed by atoms with E-state index >= 15 is 0 Å². The zero-order valence-corrected chi connectivity index (χ0v) is 14.0. The van der Waals surface area contributed by atoms with Crippen LogP contribution in [0.25, 0.3) is 0 Å². The third-order valence-electron chi connectivity index (χ3n) is 4.93.